The lowest BCUT2D eigenvalue weighted by Crippen LogP contribution is -2.43. The Bertz CT molecular complexity index is 839. The molecule has 4 rings (SSSR count). The number of nitrogens with zero attached hydrogens (tertiary/aromatic N) is 1. The monoisotopic (exact) mass is 433 g/mol. The molecule has 2 aromatic rings. The van der Waals surface area contributed by atoms with E-state index in [-0.39, 0.29) is 17.8 Å². The van der Waals surface area contributed by atoms with E-state index in [2.05, 4.69) is 4.90 Å². The molecule has 0 heterocycles. The SMILES string of the molecule is Fc1cccc(CN(CC2CCCC2)[C@@H]2CCCC[C@H]2c2ccc(C(F)(F)F)cc2)c1. The van der Waals surface area contributed by atoms with Gasteiger partial charge >= 0.3 is 6.18 Å². The Morgan fingerprint density at radius 3 is 2.19 bits per heavy atom. The molecule has 2 saturated carbocycles. The predicted octanol–water partition coefficient (Wildman–Crippen LogP) is 7.56. The first-order chi connectivity index (χ1) is 14.9. The molecule has 2 aromatic carbocycles. The van der Waals surface area contributed by atoms with Crippen molar-refractivity contribution in [2.45, 2.75) is 76.0 Å². The minimum atomic E-state index is -4.31. The van der Waals surface area contributed by atoms with Crippen LogP contribution in [-0.4, -0.2) is 17.5 Å². The maximum absolute atomic E-state index is 13.8. The lowest BCUT2D eigenvalue weighted by atomic mass is 9.78. The summed E-state index contributed by atoms with van der Waals surface area (Å²) >= 11 is 0. The van der Waals surface area contributed by atoms with E-state index in [9.17, 15) is 17.6 Å². The molecule has 2 aliphatic carbocycles. The van der Waals surface area contributed by atoms with Crippen molar-refractivity contribution in [2.75, 3.05) is 6.54 Å². The van der Waals surface area contributed by atoms with Gasteiger partial charge in [0.25, 0.3) is 0 Å². The number of rotatable bonds is 6. The van der Waals surface area contributed by atoms with Crippen LogP contribution in [0.15, 0.2) is 48.5 Å². The van der Waals surface area contributed by atoms with Crippen molar-refractivity contribution in [3.8, 4) is 0 Å². The van der Waals surface area contributed by atoms with E-state index >= 15 is 0 Å². The molecule has 0 N–H and O–H groups in total. The minimum absolute atomic E-state index is 0.214. The fourth-order valence-corrected chi connectivity index (χ4v) is 5.57. The van der Waals surface area contributed by atoms with E-state index < -0.39 is 11.7 Å². The fraction of sp³-hybridized carbons (Fsp3) is 0.538. The Balaban J connectivity index is 1.59. The molecule has 2 fully saturated rings. The lowest BCUT2D eigenvalue weighted by Gasteiger charge is -2.41. The van der Waals surface area contributed by atoms with E-state index in [0.29, 0.717) is 12.5 Å². The van der Waals surface area contributed by atoms with Gasteiger partial charge < -0.3 is 0 Å². The van der Waals surface area contributed by atoms with Crippen molar-refractivity contribution in [1.82, 2.24) is 4.90 Å². The van der Waals surface area contributed by atoms with E-state index in [1.165, 1.54) is 43.9 Å². The smallest absolute Gasteiger partial charge is 0.295 e. The Morgan fingerprint density at radius 1 is 0.839 bits per heavy atom. The van der Waals surface area contributed by atoms with Gasteiger partial charge in [-0.2, -0.15) is 13.2 Å². The molecule has 5 heteroatoms. The number of halogens is 4. The van der Waals surface area contributed by atoms with Crippen LogP contribution < -0.4 is 0 Å². The Labute approximate surface area is 182 Å². The van der Waals surface area contributed by atoms with Gasteiger partial charge in [-0.3, -0.25) is 4.90 Å². The Hall–Kier alpha value is -1.88. The van der Waals surface area contributed by atoms with Crippen molar-refractivity contribution in [2.24, 2.45) is 5.92 Å². The van der Waals surface area contributed by atoms with Gasteiger partial charge in [0.05, 0.1) is 5.56 Å². The molecule has 0 saturated heterocycles. The average molecular weight is 434 g/mol. The van der Waals surface area contributed by atoms with Crippen LogP contribution in [-0.2, 0) is 12.7 Å². The quantitative estimate of drug-likeness (QED) is 0.425. The summed E-state index contributed by atoms with van der Waals surface area (Å²) < 4.78 is 52.9. The maximum atomic E-state index is 13.8. The van der Waals surface area contributed by atoms with Crippen LogP contribution in [0.5, 0.6) is 0 Å². The summed E-state index contributed by atoms with van der Waals surface area (Å²) in [6.07, 6.45) is 4.95. The summed E-state index contributed by atoms with van der Waals surface area (Å²) in [6, 6.07) is 12.9. The van der Waals surface area contributed by atoms with Gasteiger partial charge in [0.15, 0.2) is 0 Å². The Morgan fingerprint density at radius 2 is 1.52 bits per heavy atom. The zero-order chi connectivity index (χ0) is 21.8. The lowest BCUT2D eigenvalue weighted by molar-refractivity contribution is -0.137. The number of hydrogen-bond donors (Lipinski definition) is 0. The zero-order valence-electron chi connectivity index (χ0n) is 17.9. The fourth-order valence-electron chi connectivity index (χ4n) is 5.57. The van der Waals surface area contributed by atoms with Crippen LogP contribution >= 0.6 is 0 Å². The molecular weight excluding hydrogens is 402 g/mol. The molecule has 0 spiro atoms. The second-order valence-corrected chi connectivity index (χ2v) is 9.29. The van der Waals surface area contributed by atoms with Crippen molar-refractivity contribution < 1.29 is 17.6 Å². The van der Waals surface area contributed by atoms with Crippen molar-refractivity contribution in [3.63, 3.8) is 0 Å². The molecule has 2 atom stereocenters. The first-order valence-electron chi connectivity index (χ1n) is 11.6. The van der Waals surface area contributed by atoms with Gasteiger partial charge in [-0.1, -0.05) is 49.9 Å². The van der Waals surface area contributed by atoms with Crippen LogP contribution in [0.1, 0.15) is 74.0 Å². The highest BCUT2D eigenvalue weighted by Crippen LogP contribution is 2.39. The first kappa shape index (κ1) is 22.3. The molecule has 1 nitrogen and oxygen atoms in total. The summed E-state index contributed by atoms with van der Waals surface area (Å²) in [4.78, 5) is 2.51. The summed E-state index contributed by atoms with van der Waals surface area (Å²) in [6.45, 7) is 1.67. The molecule has 0 bridgehead atoms. The van der Waals surface area contributed by atoms with Gasteiger partial charge in [-0.05, 0) is 72.9 Å². The Kier molecular flexibility index (Phi) is 7.00. The molecule has 0 aromatic heterocycles. The standard InChI is InChI=1S/C26H31F4N/c27-23-9-5-8-20(16-23)18-31(17-19-6-1-2-7-19)25-11-4-3-10-24(25)21-12-14-22(15-13-21)26(28,29)30/h5,8-9,12-16,19,24-25H,1-4,6-7,10-11,17-18H2/t24-,25+/m0/s1. The second kappa shape index (κ2) is 9.72. The van der Waals surface area contributed by atoms with Gasteiger partial charge in [0, 0.05) is 19.1 Å². The molecule has 0 aliphatic heterocycles. The van der Waals surface area contributed by atoms with Gasteiger partial charge in [-0.25, -0.2) is 4.39 Å². The van der Waals surface area contributed by atoms with Crippen LogP contribution in [0.2, 0.25) is 0 Å². The van der Waals surface area contributed by atoms with Crippen LogP contribution in [0.25, 0.3) is 0 Å². The number of hydrogen-bond acceptors (Lipinski definition) is 1. The third-order valence-electron chi connectivity index (χ3n) is 7.11. The minimum Gasteiger partial charge on any atom is -0.295 e. The maximum Gasteiger partial charge on any atom is 0.416 e. The topological polar surface area (TPSA) is 3.24 Å². The van der Waals surface area contributed by atoms with E-state index in [1.807, 2.05) is 6.07 Å². The van der Waals surface area contributed by atoms with Gasteiger partial charge in [0.1, 0.15) is 5.82 Å². The van der Waals surface area contributed by atoms with Crippen molar-refractivity contribution in [1.29, 1.82) is 0 Å². The van der Waals surface area contributed by atoms with E-state index in [1.54, 1.807) is 24.3 Å². The van der Waals surface area contributed by atoms with Gasteiger partial charge in [-0.15, -0.1) is 0 Å². The van der Waals surface area contributed by atoms with E-state index in [4.69, 9.17) is 0 Å². The molecule has 0 unspecified atom stereocenters. The predicted molar refractivity (Wildman–Crippen MR) is 115 cm³/mol. The summed E-state index contributed by atoms with van der Waals surface area (Å²) in [7, 11) is 0. The van der Waals surface area contributed by atoms with Crippen LogP contribution in [0.3, 0.4) is 0 Å². The summed E-state index contributed by atoms with van der Waals surface area (Å²) in [5.74, 6) is 0.649. The zero-order valence-corrected chi connectivity index (χ0v) is 17.9. The third-order valence-corrected chi connectivity index (χ3v) is 7.11. The molecule has 2 aliphatic rings. The largest absolute Gasteiger partial charge is 0.416 e. The second-order valence-electron chi connectivity index (χ2n) is 9.29. The molecule has 0 radical (unpaired) electrons. The first-order valence-corrected chi connectivity index (χ1v) is 11.6. The highest BCUT2D eigenvalue weighted by atomic mass is 19.4. The molecule has 0 amide bonds. The molecule has 31 heavy (non-hydrogen) atoms. The number of alkyl halides is 3. The highest BCUT2D eigenvalue weighted by molar-refractivity contribution is 5.29. The molecular formula is C26H31F4N. The summed E-state index contributed by atoms with van der Waals surface area (Å²) in [5, 5.41) is 0. The summed E-state index contributed by atoms with van der Waals surface area (Å²) in [5.41, 5.74) is 1.37. The third kappa shape index (κ3) is 5.68. The highest BCUT2D eigenvalue weighted by Gasteiger charge is 2.34. The average Bonchev–Trinajstić information content (AvgIpc) is 3.26. The van der Waals surface area contributed by atoms with Gasteiger partial charge in [0.2, 0.25) is 0 Å². The van der Waals surface area contributed by atoms with Crippen molar-refractivity contribution >= 4 is 0 Å². The van der Waals surface area contributed by atoms with Crippen LogP contribution in [0, 0.1) is 11.7 Å². The van der Waals surface area contributed by atoms with E-state index in [0.717, 1.165) is 43.4 Å². The normalized spacial score (nSPS) is 22.9. The molecule has 168 valence electrons. The van der Waals surface area contributed by atoms with Crippen LogP contribution in [0.4, 0.5) is 17.6 Å². The van der Waals surface area contributed by atoms with Crippen molar-refractivity contribution in [3.05, 3.63) is 71.0 Å². The number of benzene rings is 2.